The Morgan fingerprint density at radius 3 is 2.72 bits per heavy atom. The van der Waals surface area contributed by atoms with Crippen molar-refractivity contribution in [3.8, 4) is 12.3 Å². The number of aromatic nitrogens is 1. The molecule has 1 amide bonds. The molecule has 6 heteroatoms. The third kappa shape index (κ3) is 2.98. The van der Waals surface area contributed by atoms with Gasteiger partial charge in [0.1, 0.15) is 12.1 Å². The number of carbonyl (C=O) groups excluding carboxylic acids is 1. The fourth-order valence-corrected chi connectivity index (χ4v) is 1.38. The van der Waals surface area contributed by atoms with Crippen LogP contribution in [0.4, 0.5) is 0 Å². The second-order valence-corrected chi connectivity index (χ2v) is 3.57. The molecule has 1 heterocycles. The highest BCUT2D eigenvalue weighted by atomic mass is 16.4. The number of pyridine rings is 1. The van der Waals surface area contributed by atoms with E-state index in [-0.39, 0.29) is 18.7 Å². The monoisotopic (exact) mass is 248 g/mol. The summed E-state index contributed by atoms with van der Waals surface area (Å²) in [5, 5.41) is 11.2. The number of amides is 1. The van der Waals surface area contributed by atoms with Crippen molar-refractivity contribution in [3.63, 3.8) is 0 Å². The van der Waals surface area contributed by atoms with Crippen LogP contribution in [0.5, 0.6) is 0 Å². The number of carbonyl (C=O) groups is 2. The fraction of sp³-hybridized carbons (Fsp3) is 0.250. The van der Waals surface area contributed by atoms with Gasteiger partial charge in [0.25, 0.3) is 5.56 Å². The second-order valence-electron chi connectivity index (χ2n) is 3.57. The zero-order valence-corrected chi connectivity index (χ0v) is 9.77. The van der Waals surface area contributed by atoms with Crippen LogP contribution in [0.15, 0.2) is 16.9 Å². The van der Waals surface area contributed by atoms with Gasteiger partial charge >= 0.3 is 5.97 Å². The molecule has 0 unspecified atom stereocenters. The van der Waals surface area contributed by atoms with Gasteiger partial charge in [-0.25, -0.2) is 4.79 Å². The number of aryl methyl sites for hydroxylation is 1. The first-order chi connectivity index (χ1) is 8.47. The third-order valence-corrected chi connectivity index (χ3v) is 2.31. The molecule has 0 saturated heterocycles. The van der Waals surface area contributed by atoms with Crippen LogP contribution in [0.25, 0.3) is 0 Å². The van der Waals surface area contributed by atoms with Crippen molar-refractivity contribution in [2.24, 2.45) is 0 Å². The number of rotatable bonds is 4. The second kappa shape index (κ2) is 5.68. The molecular formula is C12H12N2O4. The Kier molecular flexibility index (Phi) is 4.27. The lowest BCUT2D eigenvalue weighted by molar-refractivity contribution is -0.121. The Bertz CT molecular complexity index is 581. The summed E-state index contributed by atoms with van der Waals surface area (Å²) in [6.07, 6.45) is 4.98. The topological polar surface area (TPSA) is 88.4 Å². The van der Waals surface area contributed by atoms with E-state index in [2.05, 4.69) is 11.2 Å². The van der Waals surface area contributed by atoms with Crippen molar-refractivity contribution in [2.75, 3.05) is 6.54 Å². The van der Waals surface area contributed by atoms with Gasteiger partial charge in [0.2, 0.25) is 5.91 Å². The summed E-state index contributed by atoms with van der Waals surface area (Å²) < 4.78 is 1.09. The minimum atomic E-state index is -1.32. The maximum Gasteiger partial charge on any atom is 0.341 e. The lowest BCUT2D eigenvalue weighted by Crippen LogP contribution is -2.35. The maximum atomic E-state index is 11.8. The van der Waals surface area contributed by atoms with E-state index in [1.165, 1.54) is 12.1 Å². The number of carboxylic acids is 1. The van der Waals surface area contributed by atoms with E-state index in [0.29, 0.717) is 5.69 Å². The summed E-state index contributed by atoms with van der Waals surface area (Å²) in [5.74, 6) is 0.464. The van der Waals surface area contributed by atoms with E-state index in [9.17, 15) is 14.4 Å². The van der Waals surface area contributed by atoms with Crippen LogP contribution in [0.2, 0.25) is 0 Å². The molecule has 0 atom stereocenters. The Morgan fingerprint density at radius 2 is 2.17 bits per heavy atom. The first kappa shape index (κ1) is 13.5. The molecule has 0 aromatic carbocycles. The normalized spacial score (nSPS) is 9.56. The lowest BCUT2D eigenvalue weighted by Gasteiger charge is -2.10. The van der Waals surface area contributed by atoms with Crippen LogP contribution < -0.4 is 10.9 Å². The van der Waals surface area contributed by atoms with Crippen LogP contribution in [-0.4, -0.2) is 28.1 Å². The van der Waals surface area contributed by atoms with Crippen LogP contribution in [0.3, 0.4) is 0 Å². The number of hydrogen-bond acceptors (Lipinski definition) is 3. The molecule has 0 saturated carbocycles. The fourth-order valence-electron chi connectivity index (χ4n) is 1.38. The summed E-state index contributed by atoms with van der Waals surface area (Å²) in [5.41, 5.74) is -0.579. The van der Waals surface area contributed by atoms with Gasteiger partial charge in [-0.1, -0.05) is 5.92 Å². The molecule has 0 aliphatic heterocycles. The molecule has 1 aromatic rings. The average Bonchev–Trinajstić information content (AvgIpc) is 2.31. The standard InChI is InChI=1S/C12H12N2O4/c1-3-6-13-10(15)7-14-8(2)4-5-9(11(14)16)12(17)18/h1,4-5H,6-7H2,2H3,(H,13,15)(H,17,18). The summed E-state index contributed by atoms with van der Waals surface area (Å²) in [7, 11) is 0. The quantitative estimate of drug-likeness (QED) is 0.710. The molecule has 0 aliphatic rings. The van der Waals surface area contributed by atoms with E-state index in [0.717, 1.165) is 4.57 Å². The Hall–Kier alpha value is -2.55. The van der Waals surface area contributed by atoms with Crippen LogP contribution >= 0.6 is 0 Å². The van der Waals surface area contributed by atoms with Gasteiger partial charge in [-0.05, 0) is 19.1 Å². The zero-order valence-electron chi connectivity index (χ0n) is 9.77. The van der Waals surface area contributed by atoms with Crippen molar-refractivity contribution < 1.29 is 14.7 Å². The number of nitrogens with one attached hydrogen (secondary N) is 1. The van der Waals surface area contributed by atoms with Gasteiger partial charge in [-0.2, -0.15) is 0 Å². The van der Waals surface area contributed by atoms with Crippen molar-refractivity contribution in [2.45, 2.75) is 13.5 Å². The molecule has 1 rings (SSSR count). The van der Waals surface area contributed by atoms with Gasteiger partial charge in [-0.3, -0.25) is 9.59 Å². The smallest absolute Gasteiger partial charge is 0.341 e. The molecule has 0 bridgehead atoms. The molecule has 1 aromatic heterocycles. The van der Waals surface area contributed by atoms with Crippen LogP contribution in [-0.2, 0) is 11.3 Å². The summed E-state index contributed by atoms with van der Waals surface area (Å²) >= 11 is 0. The van der Waals surface area contributed by atoms with Gasteiger partial charge in [0.15, 0.2) is 0 Å². The van der Waals surface area contributed by atoms with E-state index in [1.54, 1.807) is 6.92 Å². The lowest BCUT2D eigenvalue weighted by atomic mass is 10.2. The number of hydrogen-bond donors (Lipinski definition) is 2. The van der Waals surface area contributed by atoms with Crippen molar-refractivity contribution >= 4 is 11.9 Å². The van der Waals surface area contributed by atoms with Gasteiger partial charge < -0.3 is 15.0 Å². The Labute approximate surface area is 103 Å². The summed E-state index contributed by atoms with van der Waals surface area (Å²) in [6, 6.07) is 2.69. The van der Waals surface area contributed by atoms with Gasteiger partial charge in [0, 0.05) is 5.69 Å². The molecule has 2 N–H and O–H groups in total. The molecular weight excluding hydrogens is 236 g/mol. The SMILES string of the molecule is C#CCNC(=O)Cn1c(C)ccc(C(=O)O)c1=O. The van der Waals surface area contributed by atoms with Crippen molar-refractivity contribution in [1.82, 2.24) is 9.88 Å². The van der Waals surface area contributed by atoms with Crippen molar-refractivity contribution in [1.29, 1.82) is 0 Å². The highest BCUT2D eigenvalue weighted by Gasteiger charge is 2.14. The molecule has 94 valence electrons. The molecule has 0 fully saturated rings. The number of carboxylic acid groups (broad SMARTS) is 1. The van der Waals surface area contributed by atoms with Crippen LogP contribution in [0.1, 0.15) is 16.1 Å². The zero-order chi connectivity index (χ0) is 13.7. The van der Waals surface area contributed by atoms with E-state index < -0.39 is 17.4 Å². The minimum Gasteiger partial charge on any atom is -0.477 e. The van der Waals surface area contributed by atoms with E-state index in [4.69, 9.17) is 11.5 Å². The van der Waals surface area contributed by atoms with E-state index in [1.807, 2.05) is 0 Å². The highest BCUT2D eigenvalue weighted by Crippen LogP contribution is 1.98. The average molecular weight is 248 g/mol. The molecule has 0 spiro atoms. The number of aromatic carboxylic acids is 1. The van der Waals surface area contributed by atoms with Gasteiger partial charge in [0.05, 0.1) is 6.54 Å². The molecule has 18 heavy (non-hydrogen) atoms. The maximum absolute atomic E-state index is 11.8. The summed E-state index contributed by atoms with van der Waals surface area (Å²) in [6.45, 7) is 1.42. The summed E-state index contributed by atoms with van der Waals surface area (Å²) in [4.78, 5) is 34.0. The first-order valence-corrected chi connectivity index (χ1v) is 5.11. The van der Waals surface area contributed by atoms with E-state index >= 15 is 0 Å². The molecule has 6 nitrogen and oxygen atoms in total. The van der Waals surface area contributed by atoms with Crippen molar-refractivity contribution in [3.05, 3.63) is 33.7 Å². The largest absolute Gasteiger partial charge is 0.477 e. The predicted molar refractivity (Wildman–Crippen MR) is 64.2 cm³/mol. The highest BCUT2D eigenvalue weighted by molar-refractivity contribution is 5.87. The Balaban J connectivity index is 3.06. The predicted octanol–water partition coefficient (Wildman–Crippen LogP) is -0.396. The molecule has 0 aliphatic carbocycles. The number of nitrogens with zero attached hydrogens (tertiary/aromatic N) is 1. The Morgan fingerprint density at radius 1 is 1.50 bits per heavy atom. The van der Waals surface area contributed by atoms with Crippen LogP contribution in [0, 0.1) is 19.3 Å². The van der Waals surface area contributed by atoms with Gasteiger partial charge in [-0.15, -0.1) is 6.42 Å². The molecule has 0 radical (unpaired) electrons. The minimum absolute atomic E-state index is 0.0608. The first-order valence-electron chi connectivity index (χ1n) is 5.11. The third-order valence-electron chi connectivity index (χ3n) is 2.31. The number of terminal acetylenes is 1.